The van der Waals surface area contributed by atoms with Crippen molar-refractivity contribution in [3.63, 3.8) is 0 Å². The highest BCUT2D eigenvalue weighted by Gasteiger charge is 2.25. The molecule has 1 aliphatic rings. The number of hydrogen-bond acceptors (Lipinski definition) is 6. The summed E-state index contributed by atoms with van der Waals surface area (Å²) in [7, 11) is 0. The van der Waals surface area contributed by atoms with Crippen LogP contribution in [0, 0.1) is 0 Å². The van der Waals surface area contributed by atoms with Crippen LogP contribution in [0.15, 0.2) is 54.9 Å². The second-order valence-corrected chi connectivity index (χ2v) is 9.61. The lowest BCUT2D eigenvalue weighted by Gasteiger charge is -2.22. The molecule has 0 unspecified atom stereocenters. The number of benzene rings is 3. The molecule has 176 valence electrons. The molecule has 35 heavy (non-hydrogen) atoms. The second kappa shape index (κ2) is 8.06. The van der Waals surface area contributed by atoms with Crippen molar-refractivity contribution in [1.82, 2.24) is 15.2 Å². The smallest absolute Gasteiger partial charge is 0.310 e. The zero-order valence-corrected chi connectivity index (χ0v) is 19.6. The zero-order valence-electron chi connectivity index (χ0n) is 19.6. The molecule has 0 atom stereocenters. The van der Waals surface area contributed by atoms with Crippen molar-refractivity contribution in [3.8, 4) is 16.9 Å². The number of H-pyrrole nitrogens is 1. The quantitative estimate of drug-likeness (QED) is 0.363. The first-order chi connectivity index (χ1) is 16.9. The Bertz CT molecular complexity index is 1600. The molecule has 0 aliphatic carbocycles. The predicted octanol–water partition coefficient (Wildman–Crippen LogP) is 4.72. The van der Waals surface area contributed by atoms with Gasteiger partial charge in [-0.25, -0.2) is 0 Å². The summed E-state index contributed by atoms with van der Waals surface area (Å²) in [4.78, 5) is 17.7. The molecule has 7 nitrogen and oxygen atoms in total. The van der Waals surface area contributed by atoms with Crippen LogP contribution in [-0.2, 0) is 22.4 Å². The number of nitrogens with zero attached hydrogens (tertiary/aromatic N) is 2. The third-order valence-corrected chi connectivity index (χ3v) is 6.48. The van der Waals surface area contributed by atoms with Crippen LogP contribution in [0.3, 0.4) is 0 Å². The summed E-state index contributed by atoms with van der Waals surface area (Å²) in [6.45, 7) is 3.79. The minimum absolute atomic E-state index is 0.0334. The lowest BCUT2D eigenvalue weighted by atomic mass is 9.87. The van der Waals surface area contributed by atoms with Crippen molar-refractivity contribution < 1.29 is 19.4 Å². The number of carbonyl (C=O) groups is 1. The Morgan fingerprint density at radius 3 is 2.80 bits per heavy atom. The molecule has 0 fully saturated rings. The fourth-order valence-electron chi connectivity index (χ4n) is 4.98. The van der Waals surface area contributed by atoms with Crippen molar-refractivity contribution in [2.24, 2.45) is 0 Å². The Morgan fingerprint density at radius 2 is 1.97 bits per heavy atom. The van der Waals surface area contributed by atoms with E-state index in [1.807, 2.05) is 36.5 Å². The standard InChI is InChI=1S/C28H25N3O4/c1-28(2,33)15-35-23(32)13-20-21-14-30-31-26(21)18-6-4-3-5-17(18)25(20)19-7-8-22-24-16(10-12-34-22)9-11-29-27(19)24/h3-9,11,14,33H,10,12-13,15H2,1-2H3,(H,30,31). The summed E-state index contributed by atoms with van der Waals surface area (Å²) < 4.78 is 11.4. The number of aromatic nitrogens is 3. The summed E-state index contributed by atoms with van der Waals surface area (Å²) in [6.07, 6.45) is 4.45. The molecule has 2 aromatic heterocycles. The number of aromatic amines is 1. The maximum Gasteiger partial charge on any atom is 0.310 e. The first-order valence-electron chi connectivity index (χ1n) is 11.7. The second-order valence-electron chi connectivity index (χ2n) is 9.61. The molecule has 7 heteroatoms. The van der Waals surface area contributed by atoms with Gasteiger partial charge in [-0.1, -0.05) is 24.3 Å². The van der Waals surface area contributed by atoms with Gasteiger partial charge in [0.15, 0.2) is 0 Å². The summed E-state index contributed by atoms with van der Waals surface area (Å²) in [5, 5.41) is 21.3. The summed E-state index contributed by atoms with van der Waals surface area (Å²) in [5.74, 6) is 0.420. The van der Waals surface area contributed by atoms with E-state index < -0.39 is 11.6 Å². The van der Waals surface area contributed by atoms with E-state index in [1.54, 1.807) is 20.0 Å². The average molecular weight is 468 g/mol. The van der Waals surface area contributed by atoms with Crippen LogP contribution in [0.1, 0.15) is 25.0 Å². The molecule has 0 saturated heterocycles. The third-order valence-electron chi connectivity index (χ3n) is 6.48. The van der Waals surface area contributed by atoms with E-state index in [-0.39, 0.29) is 13.0 Å². The summed E-state index contributed by atoms with van der Waals surface area (Å²) >= 11 is 0. The molecule has 6 rings (SSSR count). The number of aliphatic hydroxyl groups is 1. The minimum Gasteiger partial charge on any atom is -0.493 e. The molecule has 0 radical (unpaired) electrons. The van der Waals surface area contributed by atoms with Gasteiger partial charge in [-0.2, -0.15) is 5.10 Å². The average Bonchev–Trinajstić information content (AvgIpc) is 3.34. The van der Waals surface area contributed by atoms with Crippen LogP contribution in [0.2, 0.25) is 0 Å². The van der Waals surface area contributed by atoms with Crippen LogP contribution in [0.5, 0.6) is 5.75 Å². The number of fused-ring (bicyclic) bond motifs is 3. The molecular weight excluding hydrogens is 442 g/mol. The van der Waals surface area contributed by atoms with E-state index in [4.69, 9.17) is 14.5 Å². The molecule has 2 N–H and O–H groups in total. The van der Waals surface area contributed by atoms with E-state index in [1.165, 1.54) is 5.56 Å². The van der Waals surface area contributed by atoms with E-state index >= 15 is 0 Å². The SMILES string of the molecule is CC(C)(O)COC(=O)Cc1c(-c2ccc3c4c(ccnc24)CCO3)c2ccccc2c2[nH]ncc12. The van der Waals surface area contributed by atoms with Crippen molar-refractivity contribution in [3.05, 3.63) is 66.0 Å². The van der Waals surface area contributed by atoms with Crippen LogP contribution in [-0.4, -0.2) is 45.1 Å². The van der Waals surface area contributed by atoms with Gasteiger partial charge < -0.3 is 14.6 Å². The van der Waals surface area contributed by atoms with Gasteiger partial charge in [-0.15, -0.1) is 0 Å². The number of hydrogen-bond donors (Lipinski definition) is 2. The van der Waals surface area contributed by atoms with Gasteiger partial charge in [0.25, 0.3) is 0 Å². The third kappa shape index (κ3) is 3.68. The lowest BCUT2D eigenvalue weighted by Crippen LogP contribution is -2.28. The van der Waals surface area contributed by atoms with Crippen LogP contribution >= 0.6 is 0 Å². The normalized spacial score (nSPS) is 13.3. The topological polar surface area (TPSA) is 97.3 Å². The number of rotatable bonds is 5. The van der Waals surface area contributed by atoms with Crippen LogP contribution < -0.4 is 4.74 Å². The number of nitrogens with one attached hydrogen (secondary N) is 1. The molecule has 1 aliphatic heterocycles. The van der Waals surface area contributed by atoms with Crippen LogP contribution in [0.4, 0.5) is 0 Å². The minimum atomic E-state index is -1.10. The van der Waals surface area contributed by atoms with Crippen LogP contribution in [0.25, 0.3) is 43.7 Å². The van der Waals surface area contributed by atoms with Crippen molar-refractivity contribution in [1.29, 1.82) is 0 Å². The molecule has 0 saturated carbocycles. The zero-order chi connectivity index (χ0) is 24.2. The maximum absolute atomic E-state index is 13.0. The highest BCUT2D eigenvalue weighted by molar-refractivity contribution is 6.17. The monoisotopic (exact) mass is 467 g/mol. The van der Waals surface area contributed by atoms with Gasteiger partial charge >= 0.3 is 5.97 Å². The Balaban J connectivity index is 1.63. The van der Waals surface area contributed by atoms with Crippen molar-refractivity contribution in [2.75, 3.05) is 13.2 Å². The molecule has 3 heterocycles. The van der Waals surface area contributed by atoms with Gasteiger partial charge in [0.1, 0.15) is 12.4 Å². The van der Waals surface area contributed by atoms with Gasteiger partial charge in [-0.3, -0.25) is 14.9 Å². The molecular formula is C28H25N3O4. The number of ether oxygens (including phenoxy) is 2. The van der Waals surface area contributed by atoms with E-state index in [0.717, 1.165) is 61.4 Å². The summed E-state index contributed by atoms with van der Waals surface area (Å²) in [5.41, 5.74) is 4.49. The molecule has 3 aromatic carbocycles. The number of pyridine rings is 1. The van der Waals surface area contributed by atoms with E-state index in [2.05, 4.69) is 22.3 Å². The van der Waals surface area contributed by atoms with Gasteiger partial charge in [0.05, 0.1) is 35.9 Å². The molecule has 0 spiro atoms. The van der Waals surface area contributed by atoms with Gasteiger partial charge in [0.2, 0.25) is 0 Å². The van der Waals surface area contributed by atoms with Crippen molar-refractivity contribution in [2.45, 2.75) is 32.3 Å². The fourth-order valence-corrected chi connectivity index (χ4v) is 4.98. The summed E-state index contributed by atoms with van der Waals surface area (Å²) in [6, 6.07) is 14.2. The molecule has 5 aromatic rings. The first kappa shape index (κ1) is 21.6. The highest BCUT2D eigenvalue weighted by atomic mass is 16.5. The Hall–Kier alpha value is -3.97. The van der Waals surface area contributed by atoms with Crippen molar-refractivity contribution >= 4 is 38.5 Å². The fraction of sp³-hybridized carbons (Fsp3) is 0.250. The molecule has 0 bridgehead atoms. The predicted molar refractivity (Wildman–Crippen MR) is 134 cm³/mol. The van der Waals surface area contributed by atoms with Gasteiger partial charge in [-0.05, 0) is 54.1 Å². The van der Waals surface area contributed by atoms with E-state index in [9.17, 15) is 9.90 Å². The molecule has 0 amide bonds. The number of esters is 1. The number of carbonyl (C=O) groups excluding carboxylic acids is 1. The van der Waals surface area contributed by atoms with Gasteiger partial charge in [0, 0.05) is 34.3 Å². The first-order valence-corrected chi connectivity index (χ1v) is 11.7. The largest absolute Gasteiger partial charge is 0.493 e. The highest BCUT2D eigenvalue weighted by Crippen LogP contribution is 2.44. The Morgan fingerprint density at radius 1 is 1.14 bits per heavy atom. The lowest BCUT2D eigenvalue weighted by molar-refractivity contribution is -0.148. The Labute approximate surface area is 201 Å². The Kier molecular flexibility index (Phi) is 4.96. The van der Waals surface area contributed by atoms with E-state index in [0.29, 0.717) is 6.61 Å². The maximum atomic E-state index is 13.0.